The highest BCUT2D eigenvalue weighted by atomic mass is 16.8. The van der Waals surface area contributed by atoms with Gasteiger partial charge in [0, 0.05) is 13.8 Å². The van der Waals surface area contributed by atoms with Gasteiger partial charge >= 0.3 is 59.7 Å². The number of hydrogen-bond acceptors (Lipinski definition) is 26. The lowest BCUT2D eigenvalue weighted by Crippen LogP contribution is -2.67. The second kappa shape index (κ2) is 35.2. The fourth-order valence-corrected chi connectivity index (χ4v) is 11.5. The molecule has 26 nitrogen and oxygen atoms in total. The van der Waals surface area contributed by atoms with Crippen molar-refractivity contribution in [1.82, 2.24) is 0 Å². The predicted molar refractivity (Wildman–Crippen MR) is 357 cm³/mol. The van der Waals surface area contributed by atoms with Gasteiger partial charge in [-0.3, -0.25) is 9.59 Å². The lowest BCUT2D eigenvalue weighted by Gasteiger charge is -2.48. The van der Waals surface area contributed by atoms with E-state index in [0.717, 1.165) is 13.8 Å². The molecule has 26 heteroatoms. The number of benzene rings is 8. The van der Waals surface area contributed by atoms with E-state index in [1.807, 2.05) is 0 Å². The molecule has 8 aromatic rings. The maximum Gasteiger partial charge on any atom is 0.338 e. The zero-order valence-electron chi connectivity index (χ0n) is 55.5. The van der Waals surface area contributed by atoms with E-state index in [9.17, 15) is 53.1 Å². The molecule has 1 unspecified atom stereocenters. The number of rotatable bonds is 25. The van der Waals surface area contributed by atoms with E-state index in [1.165, 1.54) is 133 Å². The van der Waals surface area contributed by atoms with E-state index in [1.54, 1.807) is 109 Å². The van der Waals surface area contributed by atoms with Crippen LogP contribution in [-0.2, 0) is 80.6 Å². The second-order valence-electron chi connectivity index (χ2n) is 23.6. The molecule has 0 aliphatic carbocycles. The first kappa shape index (κ1) is 73.4. The molecule has 0 saturated carbocycles. The summed E-state index contributed by atoms with van der Waals surface area (Å²) in [4.78, 5) is 142. The summed E-state index contributed by atoms with van der Waals surface area (Å²) in [5.41, 5.74) is -0.105. The summed E-state index contributed by atoms with van der Waals surface area (Å²) in [6.45, 7) is -0.673. The van der Waals surface area contributed by atoms with Gasteiger partial charge in [0.1, 0.15) is 37.6 Å². The summed E-state index contributed by atoms with van der Waals surface area (Å²) in [5, 5.41) is 12.3. The standard InChI is InChI=1S/C78H68O26/c1-46(79)93-59-56(45-92-77-66(102-74(87)54-39-23-9-24-40-54)63(100-72(85)52-35-19-7-20-36-52)60(98-70(83)50-31-15-5-16-32-50)57(96-77)43-90-68(81)48-27-11-3-12-28-48)95-76(89)65(94-47(2)80)62(59)104-78-67(103-75(88)55-41-25-10-26-42-55)64(101-73(86)53-37-21-8-22-38-53)61(99-71(84)51-33-17-6-18-34-51)58(97-78)44-91-69(82)49-29-13-4-14-30-49/h3-42,56-67,76-78,89H,43-45H2,1-2H3/t56-,57+,58-,59-,60-,61?,62+,63+,64+,65+,66-,67+,76-,77+,78+/m1/s1. The molecule has 0 radical (unpaired) electrons. The summed E-state index contributed by atoms with van der Waals surface area (Å²) >= 11 is 0. The van der Waals surface area contributed by atoms with Crippen LogP contribution in [0.5, 0.6) is 0 Å². The summed E-state index contributed by atoms with van der Waals surface area (Å²) in [5.74, 6) is -10.3. The second-order valence-corrected chi connectivity index (χ2v) is 23.6. The van der Waals surface area contributed by atoms with Crippen molar-refractivity contribution in [3.8, 4) is 0 Å². The highest BCUT2D eigenvalue weighted by Gasteiger charge is 2.59. The summed E-state index contributed by atoms with van der Waals surface area (Å²) < 4.78 is 93.6. The smallest absolute Gasteiger partial charge is 0.338 e. The topological polar surface area (TPSA) is 329 Å². The minimum atomic E-state index is -2.32. The van der Waals surface area contributed by atoms with E-state index >= 15 is 0 Å². The molecule has 3 aliphatic rings. The minimum Gasteiger partial charge on any atom is -0.459 e. The zero-order valence-corrected chi connectivity index (χ0v) is 55.5. The molecule has 0 amide bonds. The Hall–Kier alpha value is -11.8. The molecule has 0 aromatic heterocycles. The third-order valence-corrected chi connectivity index (χ3v) is 16.4. The lowest BCUT2D eigenvalue weighted by molar-refractivity contribution is -0.361. The van der Waals surface area contributed by atoms with Crippen LogP contribution in [0.15, 0.2) is 243 Å². The Bertz CT molecular complexity index is 4230. The maximum absolute atomic E-state index is 14.7. The van der Waals surface area contributed by atoms with Gasteiger partial charge in [-0.25, -0.2) is 38.4 Å². The average molecular weight is 1420 g/mol. The van der Waals surface area contributed by atoms with Crippen molar-refractivity contribution in [3.05, 3.63) is 287 Å². The van der Waals surface area contributed by atoms with Gasteiger partial charge in [-0.15, -0.1) is 0 Å². The first-order valence-corrected chi connectivity index (χ1v) is 32.7. The molecule has 104 heavy (non-hydrogen) atoms. The third kappa shape index (κ3) is 18.8. The Kier molecular flexibility index (Phi) is 24.9. The van der Waals surface area contributed by atoms with Crippen molar-refractivity contribution >= 4 is 59.7 Å². The van der Waals surface area contributed by atoms with Crippen LogP contribution in [0.25, 0.3) is 0 Å². The first-order valence-electron chi connectivity index (χ1n) is 32.7. The maximum atomic E-state index is 14.7. The van der Waals surface area contributed by atoms with Crippen molar-refractivity contribution in [2.45, 2.75) is 106 Å². The summed E-state index contributed by atoms with van der Waals surface area (Å²) in [6, 6.07) is 60.5. The third-order valence-electron chi connectivity index (χ3n) is 16.4. The molecule has 3 saturated heterocycles. The Labute approximate surface area is 594 Å². The highest BCUT2D eigenvalue weighted by Crippen LogP contribution is 2.38. The molecule has 11 rings (SSSR count). The molecule has 536 valence electrons. The lowest BCUT2D eigenvalue weighted by atomic mass is 9.95. The highest BCUT2D eigenvalue weighted by molar-refractivity contribution is 5.94. The van der Waals surface area contributed by atoms with E-state index < -0.39 is 172 Å². The number of aliphatic hydroxyl groups is 1. The van der Waals surface area contributed by atoms with Crippen LogP contribution in [0.4, 0.5) is 0 Å². The van der Waals surface area contributed by atoms with Gasteiger partial charge in [0.05, 0.1) is 51.1 Å². The molecular weight excluding hydrogens is 1350 g/mol. The van der Waals surface area contributed by atoms with Crippen molar-refractivity contribution in [1.29, 1.82) is 0 Å². The van der Waals surface area contributed by atoms with Gasteiger partial charge in [-0.2, -0.15) is 0 Å². The van der Waals surface area contributed by atoms with E-state index in [-0.39, 0.29) is 44.5 Å². The Balaban J connectivity index is 1.01. The van der Waals surface area contributed by atoms with Crippen LogP contribution < -0.4 is 0 Å². The van der Waals surface area contributed by atoms with Gasteiger partial charge in [-0.1, -0.05) is 146 Å². The number of esters is 10. The molecule has 3 aliphatic heterocycles. The number of carbonyl (C=O) groups excluding carboxylic acids is 10. The Morgan fingerprint density at radius 2 is 0.510 bits per heavy atom. The molecule has 8 aromatic carbocycles. The van der Waals surface area contributed by atoms with E-state index in [2.05, 4.69) is 0 Å². The number of carbonyl (C=O) groups is 10. The Morgan fingerprint density at radius 1 is 0.269 bits per heavy atom. The van der Waals surface area contributed by atoms with Crippen molar-refractivity contribution in [3.63, 3.8) is 0 Å². The monoisotopic (exact) mass is 1420 g/mol. The first-order chi connectivity index (χ1) is 50.5. The largest absolute Gasteiger partial charge is 0.459 e. The number of hydrogen-bond donors (Lipinski definition) is 1. The van der Waals surface area contributed by atoms with Crippen LogP contribution in [0, 0.1) is 0 Å². The molecule has 3 fully saturated rings. The van der Waals surface area contributed by atoms with Gasteiger partial charge in [-0.05, 0) is 97.1 Å². The van der Waals surface area contributed by atoms with Crippen molar-refractivity contribution in [2.24, 2.45) is 0 Å². The van der Waals surface area contributed by atoms with Crippen LogP contribution in [0.1, 0.15) is 96.7 Å². The Morgan fingerprint density at radius 3 is 0.817 bits per heavy atom. The SMILES string of the molecule is CC(=O)O[C@H]1[C@@H](O[C@@H]2O[C@H](COC(=O)c3ccccc3)C(OC(=O)c3ccccc3)[C@H](OC(=O)c3ccccc3)[C@@H]2OC(=O)c2ccccc2)[C@H](OC(C)=O)[C@@H](CO[C@H]2O[C@@H](COC(=O)c3ccccc3)[C@@H](OC(=O)c3ccccc3)[C@H](OC(=O)c3ccccc3)[C@H]2OC(=O)c2ccccc2)O[C@H]1O. The molecule has 15 atom stereocenters. The number of aliphatic hydroxyl groups excluding tert-OH is 1. The summed E-state index contributed by atoms with van der Waals surface area (Å²) in [6.07, 6.45) is -30.0. The van der Waals surface area contributed by atoms with Gasteiger partial charge in [0.25, 0.3) is 0 Å². The molecule has 0 bridgehead atoms. The van der Waals surface area contributed by atoms with Crippen LogP contribution in [0.3, 0.4) is 0 Å². The molecule has 0 spiro atoms. The van der Waals surface area contributed by atoms with Crippen molar-refractivity contribution in [2.75, 3.05) is 19.8 Å². The normalized spacial score (nSPS) is 24.1. The fourth-order valence-electron chi connectivity index (χ4n) is 11.5. The molecule has 3 heterocycles. The van der Waals surface area contributed by atoms with Gasteiger partial charge in [0.2, 0.25) is 0 Å². The number of ether oxygens (including phenoxy) is 15. The molecule has 1 N–H and O–H groups in total. The fraction of sp³-hybridized carbons (Fsp3) is 0.256. The molecular formula is C78H68O26. The van der Waals surface area contributed by atoms with Crippen LogP contribution in [0.2, 0.25) is 0 Å². The van der Waals surface area contributed by atoms with E-state index in [4.69, 9.17) is 71.1 Å². The zero-order chi connectivity index (χ0) is 73.1. The van der Waals surface area contributed by atoms with Crippen molar-refractivity contribution < 1.29 is 124 Å². The average Bonchev–Trinajstić information content (AvgIpc) is 0.764. The van der Waals surface area contributed by atoms with Gasteiger partial charge < -0.3 is 76.2 Å². The minimum absolute atomic E-state index is 0.00145. The quantitative estimate of drug-likeness (QED) is 0.0414. The van der Waals surface area contributed by atoms with Crippen LogP contribution in [-0.4, -0.2) is 177 Å². The van der Waals surface area contributed by atoms with Gasteiger partial charge in [0.15, 0.2) is 67.7 Å². The summed E-state index contributed by atoms with van der Waals surface area (Å²) in [7, 11) is 0. The predicted octanol–water partition coefficient (Wildman–Crippen LogP) is 8.49. The van der Waals surface area contributed by atoms with E-state index in [0.29, 0.717) is 0 Å². The van der Waals surface area contributed by atoms with Crippen LogP contribution >= 0.6 is 0 Å².